The van der Waals surface area contributed by atoms with Crippen molar-refractivity contribution in [3.63, 3.8) is 0 Å². The number of hydrogen-bond acceptors (Lipinski definition) is 8. The van der Waals surface area contributed by atoms with Gasteiger partial charge >= 0.3 is 0 Å². The molecule has 8 nitrogen and oxygen atoms in total. The van der Waals surface area contributed by atoms with E-state index in [1.165, 1.54) is 0 Å². The smallest absolute Gasteiger partial charge is 0.225 e. The lowest BCUT2D eigenvalue weighted by Crippen LogP contribution is -2.42. The molecule has 3 aromatic rings. The summed E-state index contributed by atoms with van der Waals surface area (Å²) in [7, 11) is -2.45. The van der Waals surface area contributed by atoms with Gasteiger partial charge in [-0.2, -0.15) is 15.9 Å². The van der Waals surface area contributed by atoms with Crippen LogP contribution in [-0.2, 0) is 10.2 Å². The minimum Gasteiger partial charge on any atom is -0.368 e. The zero-order chi connectivity index (χ0) is 30.4. The SMILES string of the molecule is CC(C)(C)c1ccc(-c2nc([C@@H]3CCCC[C@H]3C(=O)NC3(C#N)CC3)c(-c3ccc(N4CCS(O)(O)CC4)cc3)s2)cn1. The monoisotopic (exact) mass is 619 g/mol. The van der Waals surface area contributed by atoms with E-state index in [-0.39, 0.29) is 23.2 Å². The van der Waals surface area contributed by atoms with Gasteiger partial charge in [-0.15, -0.1) is 11.3 Å². The Balaban J connectivity index is 1.35. The summed E-state index contributed by atoms with van der Waals surface area (Å²) in [6.07, 6.45) is 7.06. The summed E-state index contributed by atoms with van der Waals surface area (Å²) in [5.74, 6) is 0.528. The second-order valence-electron chi connectivity index (χ2n) is 13.3. The van der Waals surface area contributed by atoms with Gasteiger partial charge in [-0.1, -0.05) is 45.7 Å². The number of benzene rings is 1. The first kappa shape index (κ1) is 30.1. The Morgan fingerprint density at radius 1 is 1.07 bits per heavy atom. The maximum absolute atomic E-state index is 13.6. The third-order valence-corrected chi connectivity index (χ3v) is 11.9. The van der Waals surface area contributed by atoms with Crippen LogP contribution < -0.4 is 10.2 Å². The van der Waals surface area contributed by atoms with E-state index in [9.17, 15) is 19.2 Å². The first-order valence-electron chi connectivity index (χ1n) is 15.3. The molecule has 0 unspecified atom stereocenters. The summed E-state index contributed by atoms with van der Waals surface area (Å²) < 4.78 is 20.1. The van der Waals surface area contributed by atoms with Crippen molar-refractivity contribution in [1.82, 2.24) is 15.3 Å². The topological polar surface area (TPSA) is 122 Å². The van der Waals surface area contributed by atoms with Crippen LogP contribution >= 0.6 is 21.9 Å². The fourth-order valence-electron chi connectivity index (χ4n) is 6.18. The minimum absolute atomic E-state index is 0.0214. The predicted octanol–water partition coefficient (Wildman–Crippen LogP) is 7.19. The van der Waals surface area contributed by atoms with Crippen LogP contribution in [0.5, 0.6) is 0 Å². The molecule has 43 heavy (non-hydrogen) atoms. The molecule has 1 amide bonds. The predicted molar refractivity (Wildman–Crippen MR) is 175 cm³/mol. The van der Waals surface area contributed by atoms with Gasteiger partial charge in [0.25, 0.3) is 0 Å². The van der Waals surface area contributed by atoms with Crippen LogP contribution in [0.2, 0.25) is 0 Å². The molecule has 1 saturated heterocycles. The van der Waals surface area contributed by atoms with Gasteiger partial charge in [0.2, 0.25) is 5.91 Å². The van der Waals surface area contributed by atoms with Crippen molar-refractivity contribution in [1.29, 1.82) is 5.26 Å². The van der Waals surface area contributed by atoms with Gasteiger partial charge in [0.05, 0.1) is 28.1 Å². The number of anilines is 1. The fraction of sp³-hybridized carbons (Fsp3) is 0.515. The van der Waals surface area contributed by atoms with Gasteiger partial charge in [0, 0.05) is 53.5 Å². The number of hydrogen-bond donors (Lipinski definition) is 3. The first-order chi connectivity index (χ1) is 20.5. The molecule has 2 aliphatic carbocycles. The second-order valence-corrected chi connectivity index (χ2v) is 16.8. The van der Waals surface area contributed by atoms with E-state index in [1.54, 1.807) is 11.3 Å². The highest BCUT2D eigenvalue weighted by molar-refractivity contribution is 8.24. The molecule has 228 valence electrons. The molecule has 2 saturated carbocycles. The average Bonchev–Trinajstić information content (AvgIpc) is 3.63. The first-order valence-corrected chi connectivity index (χ1v) is 18.0. The maximum Gasteiger partial charge on any atom is 0.225 e. The molecule has 3 N–H and O–H groups in total. The van der Waals surface area contributed by atoms with E-state index < -0.39 is 16.1 Å². The number of rotatable bonds is 6. The van der Waals surface area contributed by atoms with Crippen molar-refractivity contribution in [3.8, 4) is 27.1 Å². The third-order valence-electron chi connectivity index (χ3n) is 9.08. The normalized spacial score (nSPS) is 23.7. The number of aromatic nitrogens is 2. The van der Waals surface area contributed by atoms with Crippen LogP contribution in [0.3, 0.4) is 0 Å². The lowest BCUT2D eigenvalue weighted by atomic mass is 9.76. The van der Waals surface area contributed by atoms with E-state index in [0.717, 1.165) is 76.6 Å². The van der Waals surface area contributed by atoms with Crippen LogP contribution in [0.25, 0.3) is 21.0 Å². The van der Waals surface area contributed by atoms with Gasteiger partial charge in [0.1, 0.15) is 10.5 Å². The highest BCUT2D eigenvalue weighted by Crippen LogP contribution is 2.47. The number of carbonyl (C=O) groups excluding carboxylic acids is 1. The Kier molecular flexibility index (Phi) is 8.05. The van der Waals surface area contributed by atoms with E-state index in [2.05, 4.69) is 73.5 Å². The highest BCUT2D eigenvalue weighted by atomic mass is 32.3. The van der Waals surface area contributed by atoms with Gasteiger partial charge in [-0.25, -0.2) is 4.98 Å². The molecule has 6 rings (SSSR count). The van der Waals surface area contributed by atoms with Crippen LogP contribution in [0, 0.1) is 17.2 Å². The van der Waals surface area contributed by atoms with Gasteiger partial charge in [-0.05, 0) is 55.5 Å². The molecule has 1 aromatic carbocycles. The lowest BCUT2D eigenvalue weighted by Gasteiger charge is -2.41. The van der Waals surface area contributed by atoms with Crippen LogP contribution in [-0.4, -0.2) is 55.1 Å². The van der Waals surface area contributed by atoms with Gasteiger partial charge < -0.3 is 10.2 Å². The largest absolute Gasteiger partial charge is 0.368 e. The molecule has 10 heteroatoms. The summed E-state index contributed by atoms with van der Waals surface area (Å²) in [6, 6.07) is 14.9. The number of nitrogens with one attached hydrogen (secondary N) is 1. The molecule has 3 aliphatic rings. The number of nitriles is 1. The van der Waals surface area contributed by atoms with Crippen molar-refractivity contribution < 1.29 is 13.9 Å². The summed E-state index contributed by atoms with van der Waals surface area (Å²) in [5.41, 5.74) is 4.34. The lowest BCUT2D eigenvalue weighted by molar-refractivity contribution is -0.127. The molecule has 0 spiro atoms. The Morgan fingerprint density at radius 2 is 1.74 bits per heavy atom. The number of carbonyl (C=O) groups is 1. The minimum atomic E-state index is -2.45. The summed E-state index contributed by atoms with van der Waals surface area (Å²) in [4.78, 5) is 26.8. The number of nitrogens with zero attached hydrogens (tertiary/aromatic N) is 4. The van der Waals surface area contributed by atoms with E-state index >= 15 is 0 Å². The number of pyridine rings is 1. The van der Waals surface area contributed by atoms with Crippen molar-refractivity contribution in [2.45, 2.75) is 76.2 Å². The van der Waals surface area contributed by atoms with Gasteiger partial charge in [-0.3, -0.25) is 18.9 Å². The quantitative estimate of drug-likeness (QED) is 0.267. The summed E-state index contributed by atoms with van der Waals surface area (Å²) in [6.45, 7) is 7.70. The summed E-state index contributed by atoms with van der Waals surface area (Å²) in [5, 5.41) is 13.6. The molecule has 2 atom stereocenters. The number of thiazole rings is 1. The van der Waals surface area contributed by atoms with E-state index in [4.69, 9.17) is 9.97 Å². The van der Waals surface area contributed by atoms with Crippen molar-refractivity contribution >= 4 is 33.5 Å². The van der Waals surface area contributed by atoms with Crippen molar-refractivity contribution in [3.05, 3.63) is 54.0 Å². The standard InChI is InChI=1S/C33H41N5O3S2/c1-32(2,3)27-13-10-23(20-35-27)31-36-28(25-6-4-5-7-26(25)30(39)37-33(21-34)14-15-33)29(42-31)22-8-11-24(12-9-22)38-16-18-43(40,41)19-17-38/h8-13,20,25-26,40-41H,4-7,14-19H2,1-3H3,(H,37,39)/t25-,26-/m1/s1. The van der Waals surface area contributed by atoms with E-state index in [0.29, 0.717) is 24.6 Å². The van der Waals surface area contributed by atoms with Gasteiger partial charge in [0.15, 0.2) is 0 Å². The Morgan fingerprint density at radius 3 is 2.35 bits per heavy atom. The molecule has 0 radical (unpaired) electrons. The zero-order valence-electron chi connectivity index (χ0n) is 25.2. The average molecular weight is 620 g/mol. The van der Waals surface area contributed by atoms with E-state index in [1.807, 2.05) is 6.20 Å². The molecule has 0 bridgehead atoms. The van der Waals surface area contributed by atoms with Crippen LogP contribution in [0.1, 0.15) is 76.6 Å². The fourth-order valence-corrected chi connectivity index (χ4v) is 8.54. The van der Waals surface area contributed by atoms with Crippen LogP contribution in [0.15, 0.2) is 42.6 Å². The molecular formula is C33H41N5O3S2. The molecular weight excluding hydrogens is 579 g/mol. The molecule has 3 fully saturated rings. The Bertz CT molecular complexity index is 1510. The highest BCUT2D eigenvalue weighted by Gasteiger charge is 2.47. The third kappa shape index (κ3) is 6.46. The van der Waals surface area contributed by atoms with Crippen LogP contribution in [0.4, 0.5) is 5.69 Å². The Hall–Kier alpha value is -2.97. The molecule has 3 heterocycles. The van der Waals surface area contributed by atoms with Crippen molar-refractivity contribution in [2.75, 3.05) is 29.5 Å². The maximum atomic E-state index is 13.6. The molecule has 1 aliphatic heterocycles. The zero-order valence-corrected chi connectivity index (χ0v) is 26.8. The van der Waals surface area contributed by atoms with Crippen molar-refractivity contribution in [2.24, 2.45) is 5.92 Å². The molecule has 2 aromatic heterocycles. The summed E-state index contributed by atoms with van der Waals surface area (Å²) >= 11 is 1.65. The second kappa shape index (κ2) is 11.5. The number of amides is 1. The Labute approximate surface area is 259 Å².